The van der Waals surface area contributed by atoms with Crippen molar-refractivity contribution < 1.29 is 19.4 Å². The summed E-state index contributed by atoms with van der Waals surface area (Å²) >= 11 is 0. The average Bonchev–Trinajstić information content (AvgIpc) is 2.77. The number of hydrogen-bond acceptors (Lipinski definition) is 3. The summed E-state index contributed by atoms with van der Waals surface area (Å²) < 4.78 is 5.71. The van der Waals surface area contributed by atoms with Gasteiger partial charge in [0.15, 0.2) is 0 Å². The van der Waals surface area contributed by atoms with Crippen molar-refractivity contribution in [1.29, 1.82) is 0 Å². The minimum atomic E-state index is -0.825. The van der Waals surface area contributed by atoms with E-state index in [4.69, 9.17) is 4.74 Å². The second kappa shape index (κ2) is 4.45. The molecule has 1 aliphatic heterocycles. The van der Waals surface area contributed by atoms with E-state index in [2.05, 4.69) is 19.2 Å². The van der Waals surface area contributed by atoms with E-state index < -0.39 is 11.4 Å². The highest BCUT2D eigenvalue weighted by atomic mass is 16.5. The Morgan fingerprint density at radius 2 is 2.05 bits per heavy atom. The van der Waals surface area contributed by atoms with E-state index in [1.807, 2.05) is 0 Å². The van der Waals surface area contributed by atoms with E-state index in [1.165, 1.54) is 0 Å². The van der Waals surface area contributed by atoms with Crippen LogP contribution in [0.1, 0.15) is 46.0 Å². The number of amides is 1. The highest BCUT2D eigenvalue weighted by Gasteiger charge is 2.60. The number of aliphatic carboxylic acids is 1. The molecule has 112 valence electrons. The van der Waals surface area contributed by atoms with Gasteiger partial charge in [-0.05, 0) is 19.3 Å². The summed E-state index contributed by atoms with van der Waals surface area (Å²) in [6, 6.07) is 0.119. The Kier molecular flexibility index (Phi) is 3.08. The largest absolute Gasteiger partial charge is 0.481 e. The summed E-state index contributed by atoms with van der Waals surface area (Å²) in [5, 5.41) is 12.4. The number of rotatable bonds is 4. The first kappa shape index (κ1) is 13.9. The van der Waals surface area contributed by atoms with Crippen LogP contribution in [0.3, 0.4) is 0 Å². The number of carboxylic acid groups (broad SMARTS) is 1. The van der Waals surface area contributed by atoms with Crippen LogP contribution in [0.25, 0.3) is 0 Å². The van der Waals surface area contributed by atoms with Gasteiger partial charge in [0, 0.05) is 30.4 Å². The van der Waals surface area contributed by atoms with Crippen LogP contribution < -0.4 is 5.32 Å². The predicted molar refractivity (Wildman–Crippen MR) is 72.1 cm³/mol. The lowest BCUT2D eigenvalue weighted by Crippen LogP contribution is -2.67. The Morgan fingerprint density at radius 3 is 2.60 bits per heavy atom. The van der Waals surface area contributed by atoms with Crippen molar-refractivity contribution in [3.63, 3.8) is 0 Å². The van der Waals surface area contributed by atoms with Crippen molar-refractivity contribution in [2.75, 3.05) is 6.61 Å². The van der Waals surface area contributed by atoms with Gasteiger partial charge in [-0.1, -0.05) is 20.3 Å². The third-order valence-electron chi connectivity index (χ3n) is 5.68. The van der Waals surface area contributed by atoms with E-state index >= 15 is 0 Å². The molecule has 5 nitrogen and oxygen atoms in total. The van der Waals surface area contributed by atoms with E-state index in [0.717, 1.165) is 19.4 Å². The van der Waals surface area contributed by atoms with Gasteiger partial charge < -0.3 is 15.2 Å². The molecule has 3 unspecified atom stereocenters. The Hall–Kier alpha value is -1.10. The van der Waals surface area contributed by atoms with Crippen LogP contribution in [0, 0.1) is 16.7 Å². The van der Waals surface area contributed by atoms with Crippen molar-refractivity contribution in [3.05, 3.63) is 0 Å². The van der Waals surface area contributed by atoms with Crippen LogP contribution in [0.4, 0.5) is 0 Å². The number of hydrogen-bond donors (Lipinski definition) is 2. The predicted octanol–water partition coefficient (Wildman–Crippen LogP) is 1.56. The molecule has 3 atom stereocenters. The smallest absolute Gasteiger partial charge is 0.310 e. The molecular formula is C15H23NO4. The van der Waals surface area contributed by atoms with Crippen LogP contribution in [0.15, 0.2) is 0 Å². The topological polar surface area (TPSA) is 75.6 Å². The molecule has 0 radical (unpaired) electrons. The Balaban J connectivity index is 1.61. The molecule has 2 aliphatic carbocycles. The maximum atomic E-state index is 12.2. The van der Waals surface area contributed by atoms with Crippen molar-refractivity contribution in [1.82, 2.24) is 5.32 Å². The molecule has 3 fully saturated rings. The van der Waals surface area contributed by atoms with Crippen molar-refractivity contribution >= 4 is 11.9 Å². The molecule has 1 heterocycles. The lowest BCUT2D eigenvalue weighted by atomic mass is 9.57. The van der Waals surface area contributed by atoms with E-state index in [1.54, 1.807) is 0 Å². The summed E-state index contributed by atoms with van der Waals surface area (Å²) in [5.41, 5.74) is -0.851. The van der Waals surface area contributed by atoms with Gasteiger partial charge in [-0.15, -0.1) is 0 Å². The van der Waals surface area contributed by atoms with Crippen LogP contribution in [-0.2, 0) is 14.3 Å². The van der Waals surface area contributed by atoms with Gasteiger partial charge >= 0.3 is 5.97 Å². The zero-order chi connectivity index (χ0) is 14.5. The summed E-state index contributed by atoms with van der Waals surface area (Å²) in [4.78, 5) is 23.5. The van der Waals surface area contributed by atoms with E-state index in [9.17, 15) is 14.7 Å². The van der Waals surface area contributed by atoms with Crippen LogP contribution in [0.5, 0.6) is 0 Å². The number of carbonyl (C=O) groups is 2. The molecule has 5 heteroatoms. The molecule has 1 saturated heterocycles. The Labute approximate surface area is 119 Å². The number of ether oxygens (including phenoxy) is 1. The molecule has 20 heavy (non-hydrogen) atoms. The molecule has 3 aliphatic rings. The first-order valence-electron chi connectivity index (χ1n) is 7.51. The zero-order valence-electron chi connectivity index (χ0n) is 12.1. The number of carboxylic acids is 1. The molecule has 0 aromatic rings. The highest BCUT2D eigenvalue weighted by molar-refractivity contribution is 5.86. The van der Waals surface area contributed by atoms with Crippen molar-refractivity contribution in [2.24, 2.45) is 16.7 Å². The minimum Gasteiger partial charge on any atom is -0.481 e. The fourth-order valence-electron chi connectivity index (χ4n) is 4.22. The quantitative estimate of drug-likeness (QED) is 0.820. The summed E-state index contributed by atoms with van der Waals surface area (Å²) in [6.45, 7) is 4.99. The first-order valence-corrected chi connectivity index (χ1v) is 7.51. The van der Waals surface area contributed by atoms with E-state index in [-0.39, 0.29) is 29.9 Å². The molecular weight excluding hydrogens is 258 g/mol. The minimum absolute atomic E-state index is 0.0488. The SMILES string of the molecule is CC1(C)C(NC(=O)CC2(C(=O)O)CCC2)C2CCOC21. The van der Waals surface area contributed by atoms with E-state index in [0.29, 0.717) is 18.8 Å². The third kappa shape index (κ3) is 1.86. The molecule has 0 aromatic heterocycles. The third-order valence-corrected chi connectivity index (χ3v) is 5.68. The van der Waals surface area contributed by atoms with Crippen molar-refractivity contribution in [3.8, 4) is 0 Å². The van der Waals surface area contributed by atoms with Crippen molar-refractivity contribution in [2.45, 2.75) is 58.1 Å². The van der Waals surface area contributed by atoms with Gasteiger partial charge in [-0.2, -0.15) is 0 Å². The zero-order valence-corrected chi connectivity index (χ0v) is 12.1. The summed E-state index contributed by atoms with van der Waals surface area (Å²) in [7, 11) is 0. The molecule has 1 amide bonds. The van der Waals surface area contributed by atoms with Gasteiger partial charge in [0.05, 0.1) is 11.5 Å². The maximum Gasteiger partial charge on any atom is 0.310 e. The normalized spacial score (nSPS) is 36.4. The number of nitrogens with one attached hydrogen (secondary N) is 1. The Morgan fingerprint density at radius 1 is 1.35 bits per heavy atom. The van der Waals surface area contributed by atoms with Gasteiger partial charge in [0.2, 0.25) is 5.91 Å². The fraction of sp³-hybridized carbons (Fsp3) is 0.867. The second-order valence-corrected chi connectivity index (χ2v) is 7.23. The molecule has 3 rings (SSSR count). The highest BCUT2D eigenvalue weighted by Crippen LogP contribution is 2.52. The fourth-order valence-corrected chi connectivity index (χ4v) is 4.22. The number of carbonyl (C=O) groups excluding carboxylic acids is 1. The first-order chi connectivity index (χ1) is 9.37. The lowest BCUT2D eigenvalue weighted by molar-refractivity contribution is -0.159. The monoisotopic (exact) mass is 281 g/mol. The molecule has 0 bridgehead atoms. The van der Waals surface area contributed by atoms with Crippen LogP contribution >= 0.6 is 0 Å². The lowest BCUT2D eigenvalue weighted by Gasteiger charge is -2.54. The maximum absolute atomic E-state index is 12.2. The summed E-state index contributed by atoms with van der Waals surface area (Å²) in [6.07, 6.45) is 3.51. The van der Waals surface area contributed by atoms with Gasteiger partial charge in [-0.25, -0.2) is 0 Å². The molecule has 2 saturated carbocycles. The molecule has 0 spiro atoms. The standard InChI is InChI=1S/C15H23NO4/c1-14(2)11(9-4-7-20-12(9)14)16-10(17)8-15(13(18)19)5-3-6-15/h9,11-12H,3-8H2,1-2H3,(H,16,17)(H,18,19). The van der Waals surface area contributed by atoms with Crippen LogP contribution in [0.2, 0.25) is 0 Å². The molecule has 2 N–H and O–H groups in total. The number of fused-ring (bicyclic) bond motifs is 1. The van der Waals surface area contributed by atoms with Crippen LogP contribution in [-0.4, -0.2) is 35.7 Å². The average molecular weight is 281 g/mol. The van der Waals surface area contributed by atoms with Gasteiger partial charge in [-0.3, -0.25) is 9.59 Å². The second-order valence-electron chi connectivity index (χ2n) is 7.23. The van der Waals surface area contributed by atoms with Gasteiger partial charge in [0.1, 0.15) is 0 Å². The van der Waals surface area contributed by atoms with Gasteiger partial charge in [0.25, 0.3) is 0 Å². The summed E-state index contributed by atoms with van der Waals surface area (Å²) in [5.74, 6) is -0.541. The Bertz CT molecular complexity index is 441. The molecule has 0 aromatic carbocycles.